The SMILES string of the molecule is O=C(CS(=O)(=O)Cc1cccc(F)c1)N1CCc2ccccc2C1. The number of carbonyl (C=O) groups is 1. The van der Waals surface area contributed by atoms with E-state index >= 15 is 0 Å². The van der Waals surface area contributed by atoms with E-state index in [0.717, 1.165) is 12.0 Å². The molecule has 6 heteroatoms. The Morgan fingerprint density at radius 1 is 1.08 bits per heavy atom. The summed E-state index contributed by atoms with van der Waals surface area (Å²) in [4.78, 5) is 13.9. The Balaban J connectivity index is 1.66. The Labute approximate surface area is 140 Å². The van der Waals surface area contributed by atoms with E-state index in [4.69, 9.17) is 0 Å². The molecule has 1 heterocycles. The molecule has 126 valence electrons. The van der Waals surface area contributed by atoms with Crippen molar-refractivity contribution in [3.8, 4) is 0 Å². The smallest absolute Gasteiger partial charge is 0.238 e. The summed E-state index contributed by atoms with van der Waals surface area (Å²) in [5.74, 6) is -1.77. The number of fused-ring (bicyclic) bond motifs is 1. The minimum atomic E-state index is -3.64. The third-order valence-corrected chi connectivity index (χ3v) is 5.56. The van der Waals surface area contributed by atoms with Gasteiger partial charge >= 0.3 is 0 Å². The van der Waals surface area contributed by atoms with Gasteiger partial charge in [-0.05, 0) is 35.2 Å². The highest BCUT2D eigenvalue weighted by molar-refractivity contribution is 7.91. The number of sulfone groups is 1. The summed E-state index contributed by atoms with van der Waals surface area (Å²) in [6.07, 6.45) is 0.728. The fraction of sp³-hybridized carbons (Fsp3) is 0.278. The first kappa shape index (κ1) is 16.6. The highest BCUT2D eigenvalue weighted by atomic mass is 32.2. The molecule has 0 spiro atoms. The van der Waals surface area contributed by atoms with Gasteiger partial charge in [0, 0.05) is 13.1 Å². The lowest BCUT2D eigenvalue weighted by molar-refractivity contribution is -0.129. The molecule has 0 aliphatic carbocycles. The van der Waals surface area contributed by atoms with Gasteiger partial charge in [-0.3, -0.25) is 4.79 Å². The number of nitrogens with zero attached hydrogens (tertiary/aromatic N) is 1. The van der Waals surface area contributed by atoms with Crippen LogP contribution >= 0.6 is 0 Å². The normalized spacial score (nSPS) is 14.3. The summed E-state index contributed by atoms with van der Waals surface area (Å²) in [5.41, 5.74) is 2.61. The molecule has 24 heavy (non-hydrogen) atoms. The van der Waals surface area contributed by atoms with E-state index in [1.165, 1.54) is 23.8 Å². The summed E-state index contributed by atoms with van der Waals surface area (Å²) in [6.45, 7) is 0.954. The predicted octanol–water partition coefficient (Wildman–Crippen LogP) is 2.33. The van der Waals surface area contributed by atoms with Crippen molar-refractivity contribution in [3.63, 3.8) is 0 Å². The first-order valence-electron chi connectivity index (χ1n) is 7.72. The van der Waals surface area contributed by atoms with Gasteiger partial charge in [-0.2, -0.15) is 0 Å². The molecule has 1 amide bonds. The van der Waals surface area contributed by atoms with Crippen LogP contribution in [0.3, 0.4) is 0 Å². The van der Waals surface area contributed by atoms with Crippen molar-refractivity contribution in [1.29, 1.82) is 0 Å². The number of amides is 1. The Morgan fingerprint density at radius 3 is 2.58 bits per heavy atom. The second-order valence-corrected chi connectivity index (χ2v) is 8.06. The molecule has 2 aromatic carbocycles. The Hall–Kier alpha value is -2.21. The van der Waals surface area contributed by atoms with Crippen molar-refractivity contribution >= 4 is 15.7 Å². The van der Waals surface area contributed by atoms with Gasteiger partial charge in [-0.15, -0.1) is 0 Å². The lowest BCUT2D eigenvalue weighted by atomic mass is 10.00. The molecule has 0 unspecified atom stereocenters. The van der Waals surface area contributed by atoms with Crippen LogP contribution in [0.25, 0.3) is 0 Å². The Kier molecular flexibility index (Phi) is 4.66. The number of halogens is 1. The summed E-state index contributed by atoms with van der Waals surface area (Å²) in [6, 6.07) is 13.3. The van der Waals surface area contributed by atoms with E-state index in [1.54, 1.807) is 11.0 Å². The Morgan fingerprint density at radius 2 is 1.83 bits per heavy atom. The molecule has 0 atom stereocenters. The number of hydrogen-bond donors (Lipinski definition) is 0. The maximum atomic E-state index is 13.2. The van der Waals surface area contributed by atoms with Crippen molar-refractivity contribution in [2.45, 2.75) is 18.7 Å². The molecule has 0 saturated heterocycles. The third kappa shape index (κ3) is 4.00. The molecule has 1 aliphatic heterocycles. The molecule has 4 nitrogen and oxygen atoms in total. The van der Waals surface area contributed by atoms with Crippen molar-refractivity contribution in [3.05, 3.63) is 71.0 Å². The van der Waals surface area contributed by atoms with Crippen molar-refractivity contribution in [2.75, 3.05) is 12.3 Å². The molecule has 3 rings (SSSR count). The van der Waals surface area contributed by atoms with Crippen LogP contribution in [0.15, 0.2) is 48.5 Å². The van der Waals surface area contributed by atoms with Crippen LogP contribution in [0.4, 0.5) is 4.39 Å². The van der Waals surface area contributed by atoms with E-state index in [1.807, 2.05) is 24.3 Å². The van der Waals surface area contributed by atoms with Gasteiger partial charge in [-0.1, -0.05) is 36.4 Å². The number of hydrogen-bond acceptors (Lipinski definition) is 3. The maximum Gasteiger partial charge on any atom is 0.238 e. The highest BCUT2D eigenvalue weighted by Gasteiger charge is 2.25. The number of benzene rings is 2. The van der Waals surface area contributed by atoms with Crippen molar-refractivity contribution < 1.29 is 17.6 Å². The van der Waals surface area contributed by atoms with Crippen LogP contribution < -0.4 is 0 Å². The number of rotatable bonds is 4. The van der Waals surface area contributed by atoms with Gasteiger partial charge in [0.25, 0.3) is 0 Å². The fourth-order valence-electron chi connectivity index (χ4n) is 2.92. The van der Waals surface area contributed by atoms with E-state index < -0.39 is 27.3 Å². The van der Waals surface area contributed by atoms with Crippen LogP contribution in [0.5, 0.6) is 0 Å². The lowest BCUT2D eigenvalue weighted by Crippen LogP contribution is -2.39. The zero-order valence-electron chi connectivity index (χ0n) is 13.1. The standard InChI is InChI=1S/C18H18FNO3S/c19-17-7-3-4-14(10-17)12-24(22,23)13-18(21)20-9-8-15-5-1-2-6-16(15)11-20/h1-7,10H,8-9,11-13H2. The highest BCUT2D eigenvalue weighted by Crippen LogP contribution is 2.19. The van der Waals surface area contributed by atoms with Crippen LogP contribution in [0.1, 0.15) is 16.7 Å². The maximum absolute atomic E-state index is 13.2. The second kappa shape index (κ2) is 6.73. The van der Waals surface area contributed by atoms with Crippen LogP contribution in [0, 0.1) is 5.82 Å². The minimum Gasteiger partial charge on any atom is -0.337 e. The molecule has 0 aromatic heterocycles. The molecule has 0 bridgehead atoms. The van der Waals surface area contributed by atoms with Crippen molar-refractivity contribution in [1.82, 2.24) is 4.90 Å². The molecule has 0 N–H and O–H groups in total. The minimum absolute atomic E-state index is 0.332. The summed E-state index contributed by atoms with van der Waals surface area (Å²) in [5, 5.41) is 0. The van der Waals surface area contributed by atoms with E-state index in [9.17, 15) is 17.6 Å². The summed E-state index contributed by atoms with van der Waals surface area (Å²) in [7, 11) is -3.64. The van der Waals surface area contributed by atoms with Gasteiger partial charge in [0.05, 0.1) is 5.75 Å². The molecule has 1 aliphatic rings. The van der Waals surface area contributed by atoms with Crippen LogP contribution in [0.2, 0.25) is 0 Å². The molecule has 0 saturated carbocycles. The van der Waals surface area contributed by atoms with E-state index in [-0.39, 0.29) is 5.75 Å². The summed E-state index contributed by atoms with van der Waals surface area (Å²) < 4.78 is 37.6. The molecule has 0 radical (unpaired) electrons. The molecule has 0 fully saturated rings. The monoisotopic (exact) mass is 347 g/mol. The zero-order chi connectivity index (χ0) is 17.2. The van der Waals surface area contributed by atoms with Crippen LogP contribution in [-0.2, 0) is 33.4 Å². The van der Waals surface area contributed by atoms with Gasteiger partial charge < -0.3 is 4.90 Å². The number of carbonyl (C=O) groups excluding carboxylic acids is 1. The topological polar surface area (TPSA) is 54.5 Å². The third-order valence-electron chi connectivity index (χ3n) is 4.10. The average Bonchev–Trinajstić information content (AvgIpc) is 2.53. The molecule has 2 aromatic rings. The zero-order valence-corrected chi connectivity index (χ0v) is 13.9. The second-order valence-electron chi connectivity index (χ2n) is 6.00. The fourth-order valence-corrected chi connectivity index (χ4v) is 4.27. The quantitative estimate of drug-likeness (QED) is 0.853. The lowest BCUT2D eigenvalue weighted by Gasteiger charge is -2.28. The van der Waals surface area contributed by atoms with E-state index in [2.05, 4.69) is 0 Å². The van der Waals surface area contributed by atoms with Gasteiger partial charge in [0.2, 0.25) is 5.91 Å². The van der Waals surface area contributed by atoms with E-state index in [0.29, 0.717) is 18.7 Å². The van der Waals surface area contributed by atoms with Crippen molar-refractivity contribution in [2.24, 2.45) is 0 Å². The first-order chi connectivity index (χ1) is 11.4. The van der Waals surface area contributed by atoms with Gasteiger partial charge in [0.1, 0.15) is 11.6 Å². The first-order valence-corrected chi connectivity index (χ1v) is 9.54. The molecular weight excluding hydrogens is 329 g/mol. The average molecular weight is 347 g/mol. The van der Waals surface area contributed by atoms with Crippen LogP contribution in [-0.4, -0.2) is 31.5 Å². The van der Waals surface area contributed by atoms with Gasteiger partial charge in [-0.25, -0.2) is 12.8 Å². The molecular formula is C18H18FNO3S. The summed E-state index contributed by atoms with van der Waals surface area (Å²) >= 11 is 0. The predicted molar refractivity (Wildman–Crippen MR) is 89.5 cm³/mol. The van der Waals surface area contributed by atoms with Gasteiger partial charge in [0.15, 0.2) is 9.84 Å². The largest absolute Gasteiger partial charge is 0.337 e. The Bertz CT molecular complexity index is 864.